The molecule has 0 bridgehead atoms. The predicted octanol–water partition coefficient (Wildman–Crippen LogP) is 4.97. The van der Waals surface area contributed by atoms with Gasteiger partial charge in [-0.05, 0) is 74.0 Å². The topological polar surface area (TPSA) is 91.4 Å². The molecule has 1 N–H and O–H groups in total. The molecular weight excluding hydrogens is 576 g/mol. The van der Waals surface area contributed by atoms with Crippen LogP contribution in [0.4, 0.5) is 11.4 Å². The molecule has 11 heteroatoms. The second-order valence-corrected chi connectivity index (χ2v) is 12.9. The average molecular weight is 615 g/mol. The molecule has 1 saturated heterocycles. The second-order valence-electron chi connectivity index (χ2n) is 10.7. The Morgan fingerprint density at radius 2 is 1.74 bits per heavy atom. The lowest BCUT2D eigenvalue weighted by molar-refractivity contribution is 0.0587. The van der Waals surface area contributed by atoms with Crippen LogP contribution < -0.4 is 19.1 Å². The van der Waals surface area contributed by atoms with Gasteiger partial charge in [0.15, 0.2) is 11.5 Å². The third-order valence-electron chi connectivity index (χ3n) is 7.34. The Balaban J connectivity index is 1.60. The van der Waals surface area contributed by atoms with E-state index in [0.717, 1.165) is 30.6 Å². The van der Waals surface area contributed by atoms with Crippen molar-refractivity contribution in [1.29, 1.82) is 0 Å². The number of methoxy groups -OCH3 is 2. The van der Waals surface area contributed by atoms with E-state index in [4.69, 9.17) is 21.1 Å². The summed E-state index contributed by atoms with van der Waals surface area (Å²) < 4.78 is 36.6. The van der Waals surface area contributed by atoms with E-state index in [1.807, 2.05) is 55.1 Å². The van der Waals surface area contributed by atoms with Crippen molar-refractivity contribution in [1.82, 2.24) is 9.80 Å². The van der Waals surface area contributed by atoms with Gasteiger partial charge in [0.2, 0.25) is 10.0 Å². The van der Waals surface area contributed by atoms with Crippen LogP contribution in [0.25, 0.3) is 0 Å². The van der Waals surface area contributed by atoms with Gasteiger partial charge in [-0.2, -0.15) is 0 Å². The number of rotatable bonds is 11. The van der Waals surface area contributed by atoms with Crippen LogP contribution in [-0.2, 0) is 16.6 Å². The standard InChI is InChI=1S/C31H39ClN4O5S/c1-22(2)36(31(37)24-10-12-26(13-11-24)33-42(5,38)39)21-28-20-35(27-8-6-7-25(32)18-27)16-15-34(28)19-23-9-14-29(40-3)30(17-23)41-4/h6-14,17-18,22,28,33H,15-16,19-21H2,1-5H3. The molecule has 1 amide bonds. The van der Waals surface area contributed by atoms with Gasteiger partial charge in [0.1, 0.15) is 0 Å². The minimum absolute atomic E-state index is 0.0170. The highest BCUT2D eigenvalue weighted by molar-refractivity contribution is 7.92. The summed E-state index contributed by atoms with van der Waals surface area (Å²) in [5, 5.41) is 0.685. The maximum Gasteiger partial charge on any atom is 0.254 e. The fourth-order valence-corrected chi connectivity index (χ4v) is 5.96. The van der Waals surface area contributed by atoms with E-state index in [2.05, 4.69) is 20.6 Å². The van der Waals surface area contributed by atoms with Crippen molar-refractivity contribution in [3.63, 3.8) is 0 Å². The smallest absolute Gasteiger partial charge is 0.254 e. The first-order valence-corrected chi connectivity index (χ1v) is 16.1. The molecule has 42 heavy (non-hydrogen) atoms. The summed E-state index contributed by atoms with van der Waals surface area (Å²) in [6.07, 6.45) is 1.09. The number of halogens is 1. The number of nitrogens with zero attached hydrogens (tertiary/aromatic N) is 3. The molecule has 0 radical (unpaired) electrons. The Morgan fingerprint density at radius 1 is 1.02 bits per heavy atom. The number of sulfonamides is 1. The van der Waals surface area contributed by atoms with Gasteiger partial charge in [0, 0.05) is 66.8 Å². The molecule has 1 heterocycles. The van der Waals surface area contributed by atoms with E-state index >= 15 is 0 Å². The van der Waals surface area contributed by atoms with Crippen LogP contribution in [0.2, 0.25) is 5.02 Å². The SMILES string of the molecule is COc1ccc(CN2CCN(c3cccc(Cl)c3)CC2CN(C(=O)c2ccc(NS(C)(=O)=O)cc2)C(C)C)cc1OC. The first kappa shape index (κ1) is 31.5. The van der Waals surface area contributed by atoms with Gasteiger partial charge in [-0.15, -0.1) is 0 Å². The summed E-state index contributed by atoms with van der Waals surface area (Å²) in [6, 6.07) is 20.3. The van der Waals surface area contributed by atoms with Crippen LogP contribution >= 0.6 is 11.6 Å². The molecular formula is C31H39ClN4O5S. The molecule has 1 fully saturated rings. The van der Waals surface area contributed by atoms with Gasteiger partial charge in [-0.25, -0.2) is 8.42 Å². The van der Waals surface area contributed by atoms with Crippen LogP contribution in [0.3, 0.4) is 0 Å². The predicted molar refractivity (Wildman–Crippen MR) is 168 cm³/mol. The van der Waals surface area contributed by atoms with Gasteiger partial charge in [0.25, 0.3) is 5.91 Å². The molecule has 0 spiro atoms. The van der Waals surface area contributed by atoms with Crippen molar-refractivity contribution in [2.75, 3.05) is 56.3 Å². The average Bonchev–Trinajstić information content (AvgIpc) is 2.95. The first-order valence-electron chi connectivity index (χ1n) is 13.8. The Labute approximate surface area is 254 Å². The van der Waals surface area contributed by atoms with Gasteiger partial charge in [0.05, 0.1) is 20.5 Å². The summed E-state index contributed by atoms with van der Waals surface area (Å²) in [6.45, 7) is 7.51. The molecule has 4 rings (SSSR count). The lowest BCUT2D eigenvalue weighted by atomic mass is 10.1. The number of carbonyl (C=O) groups excluding carboxylic acids is 1. The van der Waals surface area contributed by atoms with Gasteiger partial charge < -0.3 is 19.3 Å². The van der Waals surface area contributed by atoms with Crippen LogP contribution in [-0.4, -0.2) is 82.9 Å². The number of amides is 1. The van der Waals surface area contributed by atoms with E-state index < -0.39 is 10.0 Å². The van der Waals surface area contributed by atoms with E-state index in [9.17, 15) is 13.2 Å². The maximum atomic E-state index is 13.8. The molecule has 0 aromatic heterocycles. The number of anilines is 2. The quantitative estimate of drug-likeness (QED) is 0.326. The van der Waals surface area contributed by atoms with Gasteiger partial charge in [-0.3, -0.25) is 14.4 Å². The van der Waals surface area contributed by atoms with E-state index in [1.54, 1.807) is 38.5 Å². The highest BCUT2D eigenvalue weighted by atomic mass is 35.5. The maximum absolute atomic E-state index is 13.8. The van der Waals surface area contributed by atoms with Crippen molar-refractivity contribution in [2.45, 2.75) is 32.5 Å². The lowest BCUT2D eigenvalue weighted by Gasteiger charge is -2.45. The highest BCUT2D eigenvalue weighted by Crippen LogP contribution is 2.30. The van der Waals surface area contributed by atoms with Gasteiger partial charge in [-0.1, -0.05) is 23.7 Å². The summed E-state index contributed by atoms with van der Waals surface area (Å²) in [5.41, 5.74) is 3.05. The van der Waals surface area contributed by atoms with E-state index in [0.29, 0.717) is 47.4 Å². The van der Waals surface area contributed by atoms with Crippen molar-refractivity contribution in [3.8, 4) is 11.5 Å². The van der Waals surface area contributed by atoms with E-state index in [1.165, 1.54) is 0 Å². The molecule has 1 aliphatic rings. The monoisotopic (exact) mass is 614 g/mol. The Kier molecular flexibility index (Phi) is 10.2. The molecule has 3 aromatic carbocycles. The normalized spacial score (nSPS) is 15.9. The largest absolute Gasteiger partial charge is 0.493 e. The summed E-state index contributed by atoms with van der Waals surface area (Å²) in [5.74, 6) is 1.25. The molecule has 0 saturated carbocycles. The van der Waals surface area contributed by atoms with E-state index in [-0.39, 0.29) is 18.0 Å². The molecule has 1 unspecified atom stereocenters. The minimum atomic E-state index is -3.41. The van der Waals surface area contributed by atoms with Crippen LogP contribution in [0.5, 0.6) is 11.5 Å². The zero-order valence-corrected chi connectivity index (χ0v) is 26.3. The molecule has 1 aliphatic heterocycles. The Bertz CT molecular complexity index is 1480. The highest BCUT2D eigenvalue weighted by Gasteiger charge is 2.32. The fourth-order valence-electron chi connectivity index (χ4n) is 5.21. The molecule has 3 aromatic rings. The van der Waals surface area contributed by atoms with Crippen molar-refractivity contribution < 1.29 is 22.7 Å². The summed E-state index contributed by atoms with van der Waals surface area (Å²) in [7, 11) is -0.159. The molecule has 1 atom stereocenters. The number of benzene rings is 3. The molecule has 226 valence electrons. The van der Waals surface area contributed by atoms with Crippen molar-refractivity contribution in [2.24, 2.45) is 0 Å². The second kappa shape index (κ2) is 13.7. The third-order valence-corrected chi connectivity index (χ3v) is 8.18. The number of ether oxygens (including phenoxy) is 2. The molecule has 9 nitrogen and oxygen atoms in total. The summed E-state index contributed by atoms with van der Waals surface area (Å²) in [4.78, 5) is 20.4. The number of nitrogens with one attached hydrogen (secondary N) is 1. The number of carbonyl (C=O) groups is 1. The number of piperazine rings is 1. The Hall–Kier alpha value is -3.47. The minimum Gasteiger partial charge on any atom is -0.493 e. The van der Waals surface area contributed by atoms with Crippen molar-refractivity contribution >= 4 is 38.9 Å². The zero-order chi connectivity index (χ0) is 30.4. The Morgan fingerprint density at radius 3 is 2.36 bits per heavy atom. The number of hydrogen-bond acceptors (Lipinski definition) is 7. The van der Waals surface area contributed by atoms with Crippen LogP contribution in [0, 0.1) is 0 Å². The first-order chi connectivity index (χ1) is 20.0. The molecule has 0 aliphatic carbocycles. The lowest BCUT2D eigenvalue weighted by Crippen LogP contribution is -2.58. The third kappa shape index (κ3) is 8.08. The van der Waals surface area contributed by atoms with Crippen LogP contribution in [0.15, 0.2) is 66.7 Å². The van der Waals surface area contributed by atoms with Crippen molar-refractivity contribution in [3.05, 3.63) is 82.9 Å². The summed E-state index contributed by atoms with van der Waals surface area (Å²) >= 11 is 6.32. The van der Waals surface area contributed by atoms with Crippen LogP contribution in [0.1, 0.15) is 29.8 Å². The zero-order valence-electron chi connectivity index (χ0n) is 24.7. The van der Waals surface area contributed by atoms with Gasteiger partial charge >= 0.3 is 0 Å². The fraction of sp³-hybridized carbons (Fsp3) is 0.387. The number of hydrogen-bond donors (Lipinski definition) is 1.